The molecule has 1 atom stereocenters. The molecule has 20 heavy (non-hydrogen) atoms. The lowest BCUT2D eigenvalue weighted by Gasteiger charge is -2.12. The molecule has 0 saturated heterocycles. The first kappa shape index (κ1) is 14.5. The summed E-state index contributed by atoms with van der Waals surface area (Å²) < 4.78 is 0. The van der Waals surface area contributed by atoms with Crippen molar-refractivity contribution in [2.75, 3.05) is 24.2 Å². The molecule has 2 rings (SSSR count). The van der Waals surface area contributed by atoms with Gasteiger partial charge in [0.15, 0.2) is 0 Å². The van der Waals surface area contributed by atoms with Gasteiger partial charge in [-0.25, -0.2) is 0 Å². The maximum absolute atomic E-state index is 11.9. The predicted molar refractivity (Wildman–Crippen MR) is 79.5 cm³/mol. The molecule has 0 radical (unpaired) electrons. The van der Waals surface area contributed by atoms with Crippen LogP contribution in [-0.4, -0.2) is 25.4 Å². The zero-order valence-corrected chi connectivity index (χ0v) is 11.9. The van der Waals surface area contributed by atoms with Crippen LogP contribution in [0.4, 0.5) is 11.4 Å². The Morgan fingerprint density at radius 2 is 1.90 bits per heavy atom. The van der Waals surface area contributed by atoms with E-state index in [2.05, 4.69) is 16.0 Å². The Kier molecular flexibility index (Phi) is 4.74. The van der Waals surface area contributed by atoms with Gasteiger partial charge in [-0.15, -0.1) is 0 Å². The highest BCUT2D eigenvalue weighted by atomic mass is 16.2. The number of nitrogens with one attached hydrogen (secondary N) is 3. The van der Waals surface area contributed by atoms with Crippen molar-refractivity contribution in [1.82, 2.24) is 5.32 Å². The van der Waals surface area contributed by atoms with Crippen molar-refractivity contribution in [2.45, 2.75) is 19.8 Å². The van der Waals surface area contributed by atoms with Crippen molar-refractivity contribution in [3.63, 3.8) is 0 Å². The second kappa shape index (κ2) is 6.52. The van der Waals surface area contributed by atoms with Gasteiger partial charge < -0.3 is 16.0 Å². The highest BCUT2D eigenvalue weighted by Crippen LogP contribution is 2.30. The molecule has 3 N–H and O–H groups in total. The Morgan fingerprint density at radius 3 is 2.50 bits per heavy atom. The maximum Gasteiger partial charge on any atom is 0.228 e. The van der Waals surface area contributed by atoms with E-state index >= 15 is 0 Å². The minimum atomic E-state index is -0.107. The zero-order chi connectivity index (χ0) is 14.5. The molecule has 1 aliphatic rings. The topological polar surface area (TPSA) is 70.2 Å². The monoisotopic (exact) mass is 275 g/mol. The molecular formula is C15H21N3O2. The molecule has 1 aromatic rings. The standard InChI is InChI=1S/C15H21N3O2/c1-10(9-16-2)14(19)17-12-4-3-5-13(8-12)18-15(20)11-6-7-11/h3-5,8,10-11,16H,6-7,9H2,1-2H3,(H,17,19)(H,18,20). The van der Waals surface area contributed by atoms with Gasteiger partial charge in [0, 0.05) is 29.8 Å². The van der Waals surface area contributed by atoms with Crippen LogP contribution in [0.3, 0.4) is 0 Å². The van der Waals surface area contributed by atoms with Gasteiger partial charge in [0.1, 0.15) is 0 Å². The SMILES string of the molecule is CNCC(C)C(=O)Nc1cccc(NC(=O)C2CC2)c1. The molecule has 1 aromatic carbocycles. The van der Waals surface area contributed by atoms with E-state index in [0.29, 0.717) is 12.2 Å². The van der Waals surface area contributed by atoms with E-state index in [1.807, 2.05) is 32.2 Å². The van der Waals surface area contributed by atoms with E-state index in [4.69, 9.17) is 0 Å². The normalized spacial score (nSPS) is 15.5. The van der Waals surface area contributed by atoms with E-state index < -0.39 is 0 Å². The molecule has 2 amide bonds. The summed E-state index contributed by atoms with van der Waals surface area (Å²) in [5.74, 6) is 0.0932. The first-order valence-corrected chi connectivity index (χ1v) is 6.96. The average molecular weight is 275 g/mol. The Balaban J connectivity index is 1.94. The largest absolute Gasteiger partial charge is 0.326 e. The Bertz CT molecular complexity index is 498. The van der Waals surface area contributed by atoms with Crippen LogP contribution in [0.1, 0.15) is 19.8 Å². The molecule has 1 aliphatic carbocycles. The smallest absolute Gasteiger partial charge is 0.228 e. The summed E-state index contributed by atoms with van der Waals surface area (Å²) in [6.45, 7) is 2.49. The second-order valence-corrected chi connectivity index (χ2v) is 5.29. The fraction of sp³-hybridized carbons (Fsp3) is 0.467. The van der Waals surface area contributed by atoms with E-state index in [1.165, 1.54) is 0 Å². The summed E-state index contributed by atoms with van der Waals surface area (Å²) in [6.07, 6.45) is 1.95. The van der Waals surface area contributed by atoms with Gasteiger partial charge in [-0.2, -0.15) is 0 Å². The van der Waals surface area contributed by atoms with Crippen LogP contribution in [-0.2, 0) is 9.59 Å². The van der Waals surface area contributed by atoms with Gasteiger partial charge in [-0.05, 0) is 38.1 Å². The zero-order valence-electron chi connectivity index (χ0n) is 11.9. The number of hydrogen-bond acceptors (Lipinski definition) is 3. The molecule has 0 bridgehead atoms. The molecule has 108 valence electrons. The molecule has 0 spiro atoms. The summed E-state index contributed by atoms with van der Waals surface area (Å²) in [5, 5.41) is 8.70. The van der Waals surface area contributed by atoms with E-state index in [0.717, 1.165) is 18.5 Å². The summed E-state index contributed by atoms with van der Waals surface area (Å²) in [4.78, 5) is 23.6. The summed E-state index contributed by atoms with van der Waals surface area (Å²) in [6, 6.07) is 7.24. The highest BCUT2D eigenvalue weighted by Gasteiger charge is 2.29. The van der Waals surface area contributed by atoms with Crippen molar-refractivity contribution in [1.29, 1.82) is 0 Å². The van der Waals surface area contributed by atoms with Crippen molar-refractivity contribution in [3.05, 3.63) is 24.3 Å². The van der Waals surface area contributed by atoms with Crippen LogP contribution in [0.5, 0.6) is 0 Å². The van der Waals surface area contributed by atoms with Crippen molar-refractivity contribution in [3.8, 4) is 0 Å². The average Bonchev–Trinajstić information content (AvgIpc) is 3.23. The number of anilines is 2. The van der Waals surface area contributed by atoms with Crippen LogP contribution >= 0.6 is 0 Å². The summed E-state index contributed by atoms with van der Waals surface area (Å²) in [5.41, 5.74) is 1.42. The predicted octanol–water partition coefficient (Wildman–Crippen LogP) is 1.83. The maximum atomic E-state index is 11.9. The Morgan fingerprint density at radius 1 is 1.25 bits per heavy atom. The van der Waals surface area contributed by atoms with E-state index in [9.17, 15) is 9.59 Å². The second-order valence-electron chi connectivity index (χ2n) is 5.29. The fourth-order valence-electron chi connectivity index (χ4n) is 1.93. The Hall–Kier alpha value is -1.88. The molecule has 0 aliphatic heterocycles. The lowest BCUT2D eigenvalue weighted by molar-refractivity contribution is -0.119. The third-order valence-electron chi connectivity index (χ3n) is 3.30. The van der Waals surface area contributed by atoms with Gasteiger partial charge in [0.05, 0.1) is 0 Å². The lowest BCUT2D eigenvalue weighted by Crippen LogP contribution is -2.28. The first-order chi connectivity index (χ1) is 9.60. The Labute approximate surface area is 119 Å². The summed E-state index contributed by atoms with van der Waals surface area (Å²) in [7, 11) is 1.82. The molecular weight excluding hydrogens is 254 g/mol. The number of benzene rings is 1. The van der Waals surface area contributed by atoms with Crippen LogP contribution in [0.15, 0.2) is 24.3 Å². The van der Waals surface area contributed by atoms with Crippen molar-refractivity contribution < 1.29 is 9.59 Å². The number of hydrogen-bond donors (Lipinski definition) is 3. The molecule has 1 unspecified atom stereocenters. The fourth-order valence-corrected chi connectivity index (χ4v) is 1.93. The van der Waals surface area contributed by atoms with Gasteiger partial charge in [-0.1, -0.05) is 13.0 Å². The van der Waals surface area contributed by atoms with Gasteiger partial charge in [0.25, 0.3) is 0 Å². The number of carbonyl (C=O) groups excluding carboxylic acids is 2. The first-order valence-electron chi connectivity index (χ1n) is 6.96. The van der Waals surface area contributed by atoms with Gasteiger partial charge in [-0.3, -0.25) is 9.59 Å². The minimum absolute atomic E-state index is 0.0370. The third-order valence-corrected chi connectivity index (χ3v) is 3.30. The van der Waals surface area contributed by atoms with Crippen molar-refractivity contribution in [2.24, 2.45) is 11.8 Å². The van der Waals surface area contributed by atoms with Crippen molar-refractivity contribution >= 4 is 23.2 Å². The summed E-state index contributed by atoms with van der Waals surface area (Å²) >= 11 is 0. The third kappa shape index (κ3) is 4.06. The molecule has 0 heterocycles. The molecule has 5 nitrogen and oxygen atoms in total. The lowest BCUT2D eigenvalue weighted by atomic mass is 10.1. The molecule has 1 fully saturated rings. The quantitative estimate of drug-likeness (QED) is 0.742. The molecule has 0 aromatic heterocycles. The van der Waals surface area contributed by atoms with Gasteiger partial charge >= 0.3 is 0 Å². The van der Waals surface area contributed by atoms with Gasteiger partial charge in [0.2, 0.25) is 11.8 Å². The molecule has 5 heteroatoms. The van der Waals surface area contributed by atoms with Crippen LogP contribution in [0.25, 0.3) is 0 Å². The molecule has 1 saturated carbocycles. The van der Waals surface area contributed by atoms with E-state index in [-0.39, 0.29) is 23.7 Å². The number of amides is 2. The minimum Gasteiger partial charge on any atom is -0.326 e. The van der Waals surface area contributed by atoms with Crippen LogP contribution < -0.4 is 16.0 Å². The number of rotatable bonds is 6. The van der Waals surface area contributed by atoms with Crippen LogP contribution in [0.2, 0.25) is 0 Å². The highest BCUT2D eigenvalue weighted by molar-refractivity contribution is 5.96. The van der Waals surface area contributed by atoms with E-state index in [1.54, 1.807) is 6.07 Å². The number of carbonyl (C=O) groups is 2. The van der Waals surface area contributed by atoms with Crippen LogP contribution in [0, 0.1) is 11.8 Å².